The van der Waals surface area contributed by atoms with Gasteiger partial charge in [-0.2, -0.15) is 0 Å². The van der Waals surface area contributed by atoms with E-state index in [9.17, 15) is 4.79 Å². The van der Waals surface area contributed by atoms with Crippen LogP contribution in [0.5, 0.6) is 0 Å². The molecule has 0 N–H and O–H groups in total. The Labute approximate surface area is 180 Å². The molecule has 5 nitrogen and oxygen atoms in total. The SMILES string of the molecule is COC1(c2ccccn2)CCC(N(C)[C@H](C(=O)OCc2ccccc2)C(C)C)CC1. The van der Waals surface area contributed by atoms with Crippen molar-refractivity contribution < 1.29 is 14.3 Å². The van der Waals surface area contributed by atoms with Crippen LogP contribution in [0, 0.1) is 5.92 Å². The molecule has 0 saturated heterocycles. The van der Waals surface area contributed by atoms with Gasteiger partial charge in [-0.05, 0) is 56.3 Å². The lowest BCUT2D eigenvalue weighted by atomic mass is 9.78. The zero-order valence-electron chi connectivity index (χ0n) is 18.6. The van der Waals surface area contributed by atoms with Gasteiger partial charge in [0.15, 0.2) is 0 Å². The van der Waals surface area contributed by atoms with Gasteiger partial charge in [0.05, 0.1) is 5.69 Å². The highest BCUT2D eigenvalue weighted by Crippen LogP contribution is 2.40. The highest BCUT2D eigenvalue weighted by atomic mass is 16.5. The second-order valence-electron chi connectivity index (χ2n) is 8.59. The Morgan fingerprint density at radius 1 is 1.13 bits per heavy atom. The molecule has 0 aliphatic heterocycles. The van der Waals surface area contributed by atoms with E-state index in [1.807, 2.05) is 54.7 Å². The molecule has 0 bridgehead atoms. The van der Waals surface area contributed by atoms with Crippen LogP contribution in [0.1, 0.15) is 50.8 Å². The molecule has 1 aliphatic rings. The maximum absolute atomic E-state index is 12.9. The maximum Gasteiger partial charge on any atom is 0.323 e. The van der Waals surface area contributed by atoms with Gasteiger partial charge in [0, 0.05) is 19.3 Å². The first-order chi connectivity index (χ1) is 14.5. The Bertz CT molecular complexity index is 787. The minimum Gasteiger partial charge on any atom is -0.460 e. The Kier molecular flexibility index (Phi) is 7.62. The van der Waals surface area contributed by atoms with Crippen LogP contribution in [0.2, 0.25) is 0 Å². The van der Waals surface area contributed by atoms with Crippen LogP contribution in [-0.2, 0) is 26.5 Å². The van der Waals surface area contributed by atoms with Gasteiger partial charge in [-0.15, -0.1) is 0 Å². The molecule has 1 aliphatic carbocycles. The first-order valence-electron chi connectivity index (χ1n) is 10.9. The number of carbonyl (C=O) groups excluding carboxylic acids is 1. The van der Waals surface area contributed by atoms with E-state index in [1.165, 1.54) is 0 Å². The molecule has 0 amide bonds. The number of rotatable bonds is 8. The minimum atomic E-state index is -0.334. The highest BCUT2D eigenvalue weighted by molar-refractivity contribution is 5.76. The third-order valence-corrected chi connectivity index (χ3v) is 6.40. The predicted molar refractivity (Wildman–Crippen MR) is 118 cm³/mol. The second-order valence-corrected chi connectivity index (χ2v) is 8.59. The molecule has 0 radical (unpaired) electrons. The summed E-state index contributed by atoms with van der Waals surface area (Å²) in [5, 5.41) is 0. The standard InChI is InChI=1S/C25H34N2O3/c1-19(2)23(24(28)30-18-20-10-6-5-7-11-20)27(3)21-13-15-25(29-4,16-14-21)22-12-8-9-17-26-22/h5-12,17,19,21,23H,13-16,18H2,1-4H3/t21?,23-,25?/m0/s1. The average molecular weight is 411 g/mol. The van der Waals surface area contributed by atoms with E-state index in [0.29, 0.717) is 12.6 Å². The molecule has 1 saturated carbocycles. The Morgan fingerprint density at radius 2 is 1.80 bits per heavy atom. The number of methoxy groups -OCH3 is 1. The molecule has 0 unspecified atom stereocenters. The van der Waals surface area contributed by atoms with Crippen molar-refractivity contribution in [3.05, 3.63) is 66.0 Å². The summed E-state index contributed by atoms with van der Waals surface area (Å²) in [7, 11) is 3.83. The average Bonchev–Trinajstić information content (AvgIpc) is 2.79. The molecule has 1 aromatic carbocycles. The summed E-state index contributed by atoms with van der Waals surface area (Å²) in [5.41, 5.74) is 1.67. The fourth-order valence-corrected chi connectivity index (χ4v) is 4.62. The van der Waals surface area contributed by atoms with Gasteiger partial charge < -0.3 is 9.47 Å². The second kappa shape index (κ2) is 10.2. The number of pyridine rings is 1. The molecule has 1 aromatic heterocycles. The molecule has 1 atom stereocenters. The number of likely N-dealkylation sites (N-methyl/N-ethyl adjacent to an activating group) is 1. The van der Waals surface area contributed by atoms with Gasteiger partial charge in [-0.3, -0.25) is 14.7 Å². The molecule has 162 valence electrons. The minimum absolute atomic E-state index is 0.148. The van der Waals surface area contributed by atoms with Crippen molar-refractivity contribution in [1.29, 1.82) is 0 Å². The third-order valence-electron chi connectivity index (χ3n) is 6.40. The number of hydrogen-bond donors (Lipinski definition) is 0. The number of nitrogens with zero attached hydrogens (tertiary/aromatic N) is 2. The summed E-state index contributed by atoms with van der Waals surface area (Å²) in [6.45, 7) is 4.48. The molecule has 1 heterocycles. The lowest BCUT2D eigenvalue weighted by Crippen LogP contribution is -2.51. The normalized spacial score (nSPS) is 22.8. The van der Waals surface area contributed by atoms with Crippen molar-refractivity contribution in [2.75, 3.05) is 14.2 Å². The van der Waals surface area contributed by atoms with Crippen molar-refractivity contribution in [3.63, 3.8) is 0 Å². The summed E-state index contributed by atoms with van der Waals surface area (Å²) in [5.74, 6) is 0.0211. The number of carbonyl (C=O) groups is 1. The summed E-state index contributed by atoms with van der Waals surface area (Å²) in [6.07, 6.45) is 5.51. The van der Waals surface area contributed by atoms with Crippen LogP contribution >= 0.6 is 0 Å². The first kappa shape index (κ1) is 22.4. The fourth-order valence-electron chi connectivity index (χ4n) is 4.62. The van der Waals surface area contributed by atoms with Crippen LogP contribution in [0.15, 0.2) is 54.7 Å². The van der Waals surface area contributed by atoms with Crippen LogP contribution in [0.3, 0.4) is 0 Å². The Hall–Kier alpha value is -2.24. The van der Waals surface area contributed by atoms with Crippen LogP contribution in [0.4, 0.5) is 0 Å². The molecule has 1 fully saturated rings. The van der Waals surface area contributed by atoms with E-state index in [-0.39, 0.29) is 23.5 Å². The zero-order valence-corrected chi connectivity index (χ0v) is 18.6. The summed E-state index contributed by atoms with van der Waals surface area (Å²) < 4.78 is 11.6. The van der Waals surface area contributed by atoms with Crippen LogP contribution in [-0.4, -0.2) is 42.1 Å². The summed E-state index contributed by atoms with van der Waals surface area (Å²) >= 11 is 0. The summed E-state index contributed by atoms with van der Waals surface area (Å²) in [6, 6.07) is 15.9. The van der Waals surface area contributed by atoms with Crippen molar-refractivity contribution in [3.8, 4) is 0 Å². The molecular formula is C25H34N2O3. The highest BCUT2D eigenvalue weighted by Gasteiger charge is 2.41. The maximum atomic E-state index is 12.9. The van der Waals surface area contributed by atoms with Crippen molar-refractivity contribution in [1.82, 2.24) is 9.88 Å². The van der Waals surface area contributed by atoms with E-state index < -0.39 is 0 Å². The monoisotopic (exact) mass is 410 g/mol. The molecule has 2 aromatic rings. The third kappa shape index (κ3) is 5.08. The Morgan fingerprint density at radius 3 is 2.37 bits per heavy atom. The van der Waals surface area contributed by atoms with E-state index in [4.69, 9.17) is 9.47 Å². The largest absolute Gasteiger partial charge is 0.460 e. The number of esters is 1. The molecule has 3 rings (SSSR count). The van der Waals surface area contributed by atoms with Gasteiger partial charge in [0.2, 0.25) is 0 Å². The number of benzene rings is 1. The Balaban J connectivity index is 1.63. The zero-order chi connectivity index (χ0) is 21.6. The van der Waals surface area contributed by atoms with Crippen molar-refractivity contribution >= 4 is 5.97 Å². The van der Waals surface area contributed by atoms with E-state index in [1.54, 1.807) is 7.11 Å². The quantitative estimate of drug-likeness (QED) is 0.597. The predicted octanol–water partition coefficient (Wildman–Crippen LogP) is 4.57. The van der Waals surface area contributed by atoms with Gasteiger partial charge in [-0.1, -0.05) is 50.2 Å². The molecular weight excluding hydrogens is 376 g/mol. The van der Waals surface area contributed by atoms with E-state index in [0.717, 1.165) is 36.9 Å². The van der Waals surface area contributed by atoms with E-state index >= 15 is 0 Å². The lowest BCUT2D eigenvalue weighted by molar-refractivity contribution is -0.154. The molecule has 0 spiro atoms. The van der Waals surface area contributed by atoms with Crippen LogP contribution in [0.25, 0.3) is 0 Å². The molecule has 30 heavy (non-hydrogen) atoms. The van der Waals surface area contributed by atoms with Gasteiger partial charge in [-0.25, -0.2) is 0 Å². The number of hydrogen-bond acceptors (Lipinski definition) is 5. The molecule has 5 heteroatoms. The van der Waals surface area contributed by atoms with Crippen LogP contribution < -0.4 is 0 Å². The topological polar surface area (TPSA) is 51.7 Å². The summed E-state index contributed by atoms with van der Waals surface area (Å²) in [4.78, 5) is 19.7. The number of ether oxygens (including phenoxy) is 2. The van der Waals surface area contributed by atoms with Crippen molar-refractivity contribution in [2.24, 2.45) is 5.92 Å². The first-order valence-corrected chi connectivity index (χ1v) is 10.9. The van der Waals surface area contributed by atoms with Gasteiger partial charge >= 0.3 is 5.97 Å². The van der Waals surface area contributed by atoms with Crippen molar-refractivity contribution in [2.45, 2.75) is 63.8 Å². The van der Waals surface area contributed by atoms with Gasteiger partial charge in [0.1, 0.15) is 18.2 Å². The van der Waals surface area contributed by atoms with Gasteiger partial charge in [0.25, 0.3) is 0 Å². The van der Waals surface area contributed by atoms with E-state index in [2.05, 4.69) is 30.8 Å². The number of aromatic nitrogens is 1. The fraction of sp³-hybridized carbons (Fsp3) is 0.520. The smallest absolute Gasteiger partial charge is 0.323 e. The lowest BCUT2D eigenvalue weighted by Gasteiger charge is -2.43.